The molecule has 2 aromatic rings. The van der Waals surface area contributed by atoms with Gasteiger partial charge in [0.25, 0.3) is 0 Å². The first-order valence-corrected chi connectivity index (χ1v) is 7.07. The van der Waals surface area contributed by atoms with Crippen LogP contribution in [0.2, 0.25) is 0 Å². The van der Waals surface area contributed by atoms with Crippen molar-refractivity contribution in [1.82, 2.24) is 4.57 Å². The number of hydrogen-bond acceptors (Lipinski definition) is 5. The zero-order valence-corrected chi connectivity index (χ0v) is 11.8. The van der Waals surface area contributed by atoms with Gasteiger partial charge in [-0.25, -0.2) is 4.79 Å². The van der Waals surface area contributed by atoms with Crippen LogP contribution in [-0.2, 0) is 16.0 Å². The van der Waals surface area contributed by atoms with Gasteiger partial charge >= 0.3 is 5.76 Å². The van der Waals surface area contributed by atoms with Gasteiger partial charge in [-0.15, -0.1) is 0 Å². The Labute approximate surface area is 121 Å². The lowest BCUT2D eigenvalue weighted by Gasteiger charge is -2.21. The van der Waals surface area contributed by atoms with Gasteiger partial charge in [0.15, 0.2) is 11.4 Å². The maximum atomic E-state index is 12.3. The highest BCUT2D eigenvalue weighted by Crippen LogP contribution is 2.18. The molecule has 6 heteroatoms. The number of oxazole rings is 1. The van der Waals surface area contributed by atoms with Crippen LogP contribution in [0.15, 0.2) is 27.4 Å². The highest BCUT2D eigenvalue weighted by Gasteiger charge is 2.24. The molecule has 1 aliphatic heterocycles. The molecule has 0 saturated carbocycles. The second kappa shape index (κ2) is 5.83. The maximum absolute atomic E-state index is 12.3. The van der Waals surface area contributed by atoms with E-state index in [0.717, 1.165) is 6.42 Å². The van der Waals surface area contributed by atoms with Gasteiger partial charge in [-0.05, 0) is 24.6 Å². The normalized spacial score (nSPS) is 19.0. The summed E-state index contributed by atoms with van der Waals surface area (Å²) in [5.41, 5.74) is 1.60. The second-order valence-electron chi connectivity index (χ2n) is 5.00. The topological polar surface area (TPSA) is 70.7 Å². The summed E-state index contributed by atoms with van der Waals surface area (Å²) < 4.78 is 17.4. The van der Waals surface area contributed by atoms with E-state index >= 15 is 0 Å². The molecule has 3 rings (SSSR count). The van der Waals surface area contributed by atoms with Crippen molar-refractivity contribution in [3.8, 4) is 0 Å². The second-order valence-corrected chi connectivity index (χ2v) is 5.00. The maximum Gasteiger partial charge on any atom is 0.419 e. The van der Waals surface area contributed by atoms with Crippen LogP contribution in [0, 0.1) is 0 Å². The zero-order valence-electron chi connectivity index (χ0n) is 11.8. The fourth-order valence-corrected chi connectivity index (χ4v) is 2.48. The quantitative estimate of drug-likeness (QED) is 0.800. The molecular formula is C15H17NO5. The third-order valence-electron chi connectivity index (χ3n) is 3.51. The minimum Gasteiger partial charge on any atom is -0.408 e. The molecule has 6 nitrogen and oxygen atoms in total. The minimum atomic E-state index is -0.583. The lowest BCUT2D eigenvalue weighted by Crippen LogP contribution is -2.35. The molecule has 1 unspecified atom stereocenters. The first-order valence-electron chi connectivity index (χ1n) is 7.07. The fraction of sp³-hybridized carbons (Fsp3) is 0.467. The molecule has 1 aromatic carbocycles. The number of carbonyl (C=O) groups excluding carboxylic acids is 1. The highest BCUT2D eigenvalue weighted by atomic mass is 16.6. The Bertz CT molecular complexity index is 708. The van der Waals surface area contributed by atoms with Crippen LogP contribution in [0.3, 0.4) is 0 Å². The largest absolute Gasteiger partial charge is 0.419 e. The van der Waals surface area contributed by atoms with E-state index < -0.39 is 11.9 Å². The first-order chi connectivity index (χ1) is 10.2. The Hall–Kier alpha value is -1.92. The third kappa shape index (κ3) is 2.64. The number of ketones is 1. The van der Waals surface area contributed by atoms with Gasteiger partial charge in [0.2, 0.25) is 0 Å². The van der Waals surface area contributed by atoms with Gasteiger partial charge in [-0.1, -0.05) is 6.92 Å². The number of aromatic nitrogens is 1. The number of rotatable bonds is 4. The molecule has 0 spiro atoms. The number of aryl methyl sites for hydroxylation is 1. The predicted octanol–water partition coefficient (Wildman–Crippen LogP) is 1.60. The van der Waals surface area contributed by atoms with Gasteiger partial charge in [0.05, 0.1) is 25.3 Å². The molecule has 0 bridgehead atoms. The number of carbonyl (C=O) groups is 1. The number of fused-ring (bicyclic) bond motifs is 1. The number of ether oxygens (including phenoxy) is 2. The zero-order chi connectivity index (χ0) is 14.8. The monoisotopic (exact) mass is 291 g/mol. The molecule has 0 amide bonds. The van der Waals surface area contributed by atoms with E-state index in [1.165, 1.54) is 0 Å². The lowest BCUT2D eigenvalue weighted by molar-refractivity contribution is -0.0719. The summed E-state index contributed by atoms with van der Waals surface area (Å²) in [5.74, 6) is -0.545. The van der Waals surface area contributed by atoms with Crippen LogP contribution in [-0.4, -0.2) is 36.3 Å². The first kappa shape index (κ1) is 14.0. The van der Waals surface area contributed by atoms with E-state index in [1.807, 2.05) is 6.92 Å². The van der Waals surface area contributed by atoms with Crippen LogP contribution in [0.25, 0.3) is 11.1 Å². The Morgan fingerprint density at radius 3 is 2.95 bits per heavy atom. The number of benzene rings is 1. The molecule has 1 aromatic heterocycles. The van der Waals surface area contributed by atoms with Crippen LogP contribution >= 0.6 is 0 Å². The Balaban J connectivity index is 1.94. The predicted molar refractivity (Wildman–Crippen MR) is 75.7 cm³/mol. The van der Waals surface area contributed by atoms with Crippen molar-refractivity contribution in [3.05, 3.63) is 34.3 Å². The molecule has 2 heterocycles. The van der Waals surface area contributed by atoms with Crippen LogP contribution in [0.5, 0.6) is 0 Å². The summed E-state index contributed by atoms with van der Waals surface area (Å²) in [6, 6.07) is 5.04. The van der Waals surface area contributed by atoms with Gasteiger partial charge in [0, 0.05) is 12.1 Å². The van der Waals surface area contributed by atoms with Crippen molar-refractivity contribution in [1.29, 1.82) is 0 Å². The molecule has 0 N–H and O–H groups in total. The van der Waals surface area contributed by atoms with Crippen molar-refractivity contribution in [2.45, 2.75) is 26.0 Å². The summed E-state index contributed by atoms with van der Waals surface area (Å²) in [6.07, 6.45) is 0.253. The Morgan fingerprint density at radius 1 is 1.38 bits per heavy atom. The van der Waals surface area contributed by atoms with E-state index in [-0.39, 0.29) is 12.4 Å². The summed E-state index contributed by atoms with van der Waals surface area (Å²) in [4.78, 5) is 24.1. The molecule has 0 radical (unpaired) electrons. The average Bonchev–Trinajstić information content (AvgIpc) is 2.83. The molecule has 0 aliphatic carbocycles. The van der Waals surface area contributed by atoms with Gasteiger partial charge < -0.3 is 13.9 Å². The molecular weight excluding hydrogens is 274 g/mol. The van der Waals surface area contributed by atoms with Crippen LogP contribution in [0.4, 0.5) is 0 Å². The standard InChI is InChI=1S/C15H17NO5/c1-2-5-16-11-4-3-10(8-12(11)21-15(16)18)14(17)13-9-19-6-7-20-13/h3-4,8,13H,2,5-7,9H2,1H3. The molecule has 1 atom stereocenters. The molecule has 1 aliphatic rings. The number of hydrogen-bond donors (Lipinski definition) is 0. The molecule has 1 saturated heterocycles. The average molecular weight is 291 g/mol. The van der Waals surface area contributed by atoms with Crippen molar-refractivity contribution in [2.24, 2.45) is 0 Å². The van der Waals surface area contributed by atoms with Crippen molar-refractivity contribution >= 4 is 16.9 Å². The van der Waals surface area contributed by atoms with Crippen molar-refractivity contribution < 1.29 is 18.7 Å². The van der Waals surface area contributed by atoms with Gasteiger partial charge in [-0.3, -0.25) is 9.36 Å². The number of nitrogens with zero attached hydrogens (tertiary/aromatic N) is 1. The van der Waals surface area contributed by atoms with Crippen molar-refractivity contribution in [3.63, 3.8) is 0 Å². The van der Waals surface area contributed by atoms with E-state index in [2.05, 4.69) is 0 Å². The van der Waals surface area contributed by atoms with E-state index in [0.29, 0.717) is 36.4 Å². The van der Waals surface area contributed by atoms with E-state index in [1.54, 1.807) is 22.8 Å². The van der Waals surface area contributed by atoms with Crippen molar-refractivity contribution in [2.75, 3.05) is 19.8 Å². The molecule has 21 heavy (non-hydrogen) atoms. The highest BCUT2D eigenvalue weighted by molar-refractivity contribution is 6.01. The summed E-state index contributed by atoms with van der Waals surface area (Å²) in [5, 5.41) is 0. The van der Waals surface area contributed by atoms with Gasteiger partial charge in [-0.2, -0.15) is 0 Å². The van der Waals surface area contributed by atoms with Gasteiger partial charge in [0.1, 0.15) is 6.10 Å². The SMILES string of the molecule is CCCn1c(=O)oc2cc(C(=O)C3COCCO3)ccc21. The summed E-state index contributed by atoms with van der Waals surface area (Å²) >= 11 is 0. The summed E-state index contributed by atoms with van der Waals surface area (Å²) in [6.45, 7) is 3.78. The van der Waals surface area contributed by atoms with Crippen LogP contribution in [0.1, 0.15) is 23.7 Å². The third-order valence-corrected chi connectivity index (χ3v) is 3.51. The Kier molecular flexibility index (Phi) is 3.90. The van der Waals surface area contributed by atoms with Crippen LogP contribution < -0.4 is 5.76 Å². The Morgan fingerprint density at radius 2 is 2.24 bits per heavy atom. The lowest BCUT2D eigenvalue weighted by atomic mass is 10.1. The molecule has 1 fully saturated rings. The summed E-state index contributed by atoms with van der Waals surface area (Å²) in [7, 11) is 0. The number of Topliss-reactive ketones (excluding diaryl/α,β-unsaturated/α-hetero) is 1. The molecule has 112 valence electrons. The smallest absolute Gasteiger partial charge is 0.408 e. The van der Waals surface area contributed by atoms with E-state index in [9.17, 15) is 9.59 Å². The minimum absolute atomic E-state index is 0.150. The van der Waals surface area contributed by atoms with E-state index in [4.69, 9.17) is 13.9 Å². The fourth-order valence-electron chi connectivity index (χ4n) is 2.48.